The maximum Gasteiger partial charge on any atom is 0.416 e. The van der Waals surface area contributed by atoms with Crippen LogP contribution in [0, 0.1) is 3.57 Å². The molecule has 0 radical (unpaired) electrons. The number of ether oxygens (including phenoxy) is 2. The Kier molecular flexibility index (Phi) is 7.11. The van der Waals surface area contributed by atoms with E-state index >= 15 is 0 Å². The van der Waals surface area contributed by atoms with E-state index in [1.54, 1.807) is 18.2 Å². The first kappa shape index (κ1) is 21.1. The first-order chi connectivity index (χ1) is 12.7. The summed E-state index contributed by atoms with van der Waals surface area (Å²) in [5.74, 6) is 0.236. The fourth-order valence-electron chi connectivity index (χ4n) is 2.25. The van der Waals surface area contributed by atoms with Crippen LogP contribution in [0.1, 0.15) is 11.1 Å². The highest BCUT2D eigenvalue weighted by Gasteiger charge is 2.31. The second-order valence-electron chi connectivity index (χ2n) is 5.51. The molecule has 144 valence electrons. The number of hydrogen-bond donors (Lipinski definition) is 1. The molecule has 2 rings (SSSR count). The molecule has 8 heteroatoms. The predicted molar refractivity (Wildman–Crippen MR) is 105 cm³/mol. The average Bonchev–Trinajstić information content (AvgIpc) is 2.61. The Labute approximate surface area is 168 Å². The summed E-state index contributed by atoms with van der Waals surface area (Å²) >= 11 is 1.85. The van der Waals surface area contributed by atoms with Crippen molar-refractivity contribution in [2.45, 2.75) is 12.6 Å². The number of alkyl halides is 3. The second-order valence-corrected chi connectivity index (χ2v) is 6.67. The zero-order valence-electron chi connectivity index (χ0n) is 14.4. The van der Waals surface area contributed by atoms with E-state index < -0.39 is 17.6 Å². The van der Waals surface area contributed by atoms with Crippen LogP contribution in [-0.4, -0.2) is 19.6 Å². The van der Waals surface area contributed by atoms with Crippen molar-refractivity contribution in [3.8, 4) is 11.5 Å². The van der Waals surface area contributed by atoms with Gasteiger partial charge in [0.05, 0.1) is 18.4 Å². The van der Waals surface area contributed by atoms with Gasteiger partial charge in [-0.1, -0.05) is 12.1 Å². The van der Waals surface area contributed by atoms with Crippen LogP contribution >= 0.6 is 22.6 Å². The highest BCUT2D eigenvalue weighted by molar-refractivity contribution is 14.1. The highest BCUT2D eigenvalue weighted by Crippen LogP contribution is 2.33. The lowest BCUT2D eigenvalue weighted by Crippen LogP contribution is -2.21. The van der Waals surface area contributed by atoms with Crippen LogP contribution in [0.25, 0.3) is 0 Å². The minimum Gasteiger partial charge on any atom is -0.493 e. The first-order valence-electron chi connectivity index (χ1n) is 7.81. The Balaban J connectivity index is 2.06. The van der Waals surface area contributed by atoms with Crippen molar-refractivity contribution in [3.63, 3.8) is 0 Å². The van der Waals surface area contributed by atoms with Gasteiger partial charge in [0.1, 0.15) is 0 Å². The van der Waals surface area contributed by atoms with Crippen molar-refractivity contribution in [3.05, 3.63) is 63.8 Å². The molecule has 0 unspecified atom stereocenters. The normalized spacial score (nSPS) is 11.0. The van der Waals surface area contributed by atoms with E-state index in [-0.39, 0.29) is 12.3 Å². The van der Waals surface area contributed by atoms with Gasteiger partial charge >= 0.3 is 6.18 Å². The molecule has 0 bridgehead atoms. The molecule has 1 amide bonds. The van der Waals surface area contributed by atoms with Crippen molar-refractivity contribution in [2.75, 3.05) is 19.0 Å². The number of halogens is 4. The Morgan fingerprint density at radius 2 is 1.96 bits per heavy atom. The summed E-state index contributed by atoms with van der Waals surface area (Å²) in [7, 11) is 1.48. The summed E-state index contributed by atoms with van der Waals surface area (Å²) < 4.78 is 49.6. The molecule has 0 aromatic heterocycles. The van der Waals surface area contributed by atoms with Gasteiger partial charge in [0.2, 0.25) is 0 Å². The lowest BCUT2D eigenvalue weighted by atomic mass is 10.1. The number of methoxy groups -OCH3 is 1. The smallest absolute Gasteiger partial charge is 0.416 e. The van der Waals surface area contributed by atoms with Gasteiger partial charge < -0.3 is 14.8 Å². The lowest BCUT2D eigenvalue weighted by Gasteiger charge is -2.14. The van der Waals surface area contributed by atoms with Gasteiger partial charge in [-0.2, -0.15) is 13.2 Å². The van der Waals surface area contributed by atoms with Crippen LogP contribution in [0.5, 0.6) is 11.5 Å². The molecule has 0 spiro atoms. The number of allylic oxidation sites excluding steroid dienone is 1. The van der Waals surface area contributed by atoms with E-state index in [9.17, 15) is 18.0 Å². The van der Waals surface area contributed by atoms with Crippen molar-refractivity contribution in [2.24, 2.45) is 0 Å². The predicted octanol–water partition coefficient (Wildman–Crippen LogP) is 5.06. The number of rotatable bonds is 7. The van der Waals surface area contributed by atoms with Crippen molar-refractivity contribution < 1.29 is 27.4 Å². The molecule has 2 aromatic rings. The number of anilines is 1. The Hall–Kier alpha value is -2.23. The van der Waals surface area contributed by atoms with Gasteiger partial charge in [0.15, 0.2) is 18.1 Å². The van der Waals surface area contributed by atoms with Gasteiger partial charge in [-0.05, 0) is 64.9 Å². The summed E-state index contributed by atoms with van der Waals surface area (Å²) in [6.45, 7) is 3.29. The summed E-state index contributed by atoms with van der Waals surface area (Å²) in [4.78, 5) is 12.1. The third-order valence-corrected chi connectivity index (χ3v) is 4.48. The number of amides is 1. The van der Waals surface area contributed by atoms with E-state index in [4.69, 9.17) is 9.47 Å². The minimum absolute atomic E-state index is 0.0762. The van der Waals surface area contributed by atoms with Gasteiger partial charge in [-0.25, -0.2) is 0 Å². The third kappa shape index (κ3) is 5.88. The average molecular weight is 491 g/mol. The van der Waals surface area contributed by atoms with Crippen molar-refractivity contribution in [1.29, 1.82) is 0 Å². The molecule has 27 heavy (non-hydrogen) atoms. The molecule has 0 aliphatic carbocycles. The first-order valence-corrected chi connectivity index (χ1v) is 8.89. The van der Waals surface area contributed by atoms with Gasteiger partial charge in [0, 0.05) is 3.57 Å². The monoisotopic (exact) mass is 491 g/mol. The number of nitrogens with one attached hydrogen (secondary N) is 1. The third-order valence-electron chi connectivity index (χ3n) is 3.53. The van der Waals surface area contributed by atoms with Crippen LogP contribution in [0.15, 0.2) is 49.1 Å². The quantitative estimate of drug-likeness (QED) is 0.435. The molecular weight excluding hydrogens is 474 g/mol. The fourth-order valence-corrected chi connectivity index (χ4v) is 2.72. The molecule has 0 atom stereocenters. The molecule has 1 N–H and O–H groups in total. The maximum atomic E-state index is 12.8. The maximum absolute atomic E-state index is 12.8. The number of carbonyl (C=O) groups is 1. The van der Waals surface area contributed by atoms with Gasteiger partial charge in [-0.3, -0.25) is 4.79 Å². The van der Waals surface area contributed by atoms with Crippen LogP contribution in [0.3, 0.4) is 0 Å². The zero-order valence-corrected chi connectivity index (χ0v) is 16.6. The molecule has 0 aliphatic heterocycles. The largest absolute Gasteiger partial charge is 0.493 e. The highest BCUT2D eigenvalue weighted by atomic mass is 127. The van der Waals surface area contributed by atoms with Crippen molar-refractivity contribution >= 4 is 34.2 Å². The van der Waals surface area contributed by atoms with Crippen LogP contribution in [0.2, 0.25) is 0 Å². The topological polar surface area (TPSA) is 47.6 Å². The number of benzene rings is 2. The molecule has 2 aromatic carbocycles. The second kappa shape index (κ2) is 9.12. The molecule has 0 fully saturated rings. The van der Waals surface area contributed by atoms with Gasteiger partial charge in [-0.15, -0.1) is 6.58 Å². The molecule has 4 nitrogen and oxygen atoms in total. The number of carbonyl (C=O) groups excluding carboxylic acids is 1. The molecule has 0 saturated carbocycles. The van der Waals surface area contributed by atoms with E-state index in [0.29, 0.717) is 21.5 Å². The van der Waals surface area contributed by atoms with Crippen LogP contribution in [-0.2, 0) is 17.4 Å². The van der Waals surface area contributed by atoms with Crippen molar-refractivity contribution in [1.82, 2.24) is 0 Å². The number of hydrogen-bond acceptors (Lipinski definition) is 3. The zero-order chi connectivity index (χ0) is 20.0. The SMILES string of the molecule is C=CCc1ccc(OCC(=O)Nc2cc(C(F)(F)F)ccc2I)c(OC)c1. The standard InChI is InChI=1S/C19H17F3INO3/c1-3-4-12-5-8-16(17(9-12)26-2)27-11-18(25)24-15-10-13(19(20,21)22)6-7-14(15)23/h3,5-10H,1,4,11H2,2H3,(H,24,25). The summed E-state index contributed by atoms with van der Waals surface area (Å²) in [6, 6.07) is 8.39. The van der Waals surface area contributed by atoms with E-state index in [2.05, 4.69) is 11.9 Å². The summed E-state index contributed by atoms with van der Waals surface area (Å²) in [5, 5.41) is 2.44. The Bertz CT molecular complexity index is 837. The fraction of sp³-hybridized carbons (Fsp3) is 0.211. The molecule has 0 aliphatic rings. The van der Waals surface area contributed by atoms with Crippen LogP contribution < -0.4 is 14.8 Å². The lowest BCUT2D eigenvalue weighted by molar-refractivity contribution is -0.137. The van der Waals surface area contributed by atoms with E-state index in [0.717, 1.165) is 17.7 Å². The Morgan fingerprint density at radius 1 is 1.22 bits per heavy atom. The van der Waals surface area contributed by atoms with E-state index in [1.807, 2.05) is 28.7 Å². The minimum atomic E-state index is -4.49. The Morgan fingerprint density at radius 3 is 2.59 bits per heavy atom. The molecular formula is C19H17F3INO3. The van der Waals surface area contributed by atoms with E-state index in [1.165, 1.54) is 13.2 Å². The van der Waals surface area contributed by atoms with Crippen LogP contribution in [0.4, 0.5) is 18.9 Å². The molecule has 0 heterocycles. The summed E-state index contributed by atoms with van der Waals surface area (Å²) in [6.07, 6.45) is -2.08. The van der Waals surface area contributed by atoms with Gasteiger partial charge in [0.25, 0.3) is 5.91 Å². The molecule has 0 saturated heterocycles. The summed E-state index contributed by atoms with van der Waals surface area (Å²) in [5.41, 5.74) is 0.211.